The molecule has 20 heavy (non-hydrogen) atoms. The van der Waals surface area contributed by atoms with Gasteiger partial charge in [0.05, 0.1) is 5.69 Å². The van der Waals surface area contributed by atoms with E-state index >= 15 is 0 Å². The zero-order valence-corrected chi connectivity index (χ0v) is 12.1. The number of fused-ring (bicyclic) bond motifs is 1. The van der Waals surface area contributed by atoms with Gasteiger partial charge in [-0.2, -0.15) is 0 Å². The second kappa shape index (κ2) is 5.89. The Hall–Kier alpha value is -1.46. The minimum Gasteiger partial charge on any atom is -0.330 e. The number of imidazole rings is 1. The second-order valence-corrected chi connectivity index (χ2v) is 5.62. The van der Waals surface area contributed by atoms with Crippen molar-refractivity contribution in [2.75, 3.05) is 13.1 Å². The topological polar surface area (TPSA) is 59.5 Å². The fraction of sp³-hybridized carbons (Fsp3) is 0.600. The minimum absolute atomic E-state index is 0.614. The first-order valence-electron chi connectivity index (χ1n) is 7.54. The molecule has 2 atom stereocenters. The molecule has 0 amide bonds. The van der Waals surface area contributed by atoms with Crippen LogP contribution in [0.15, 0.2) is 24.7 Å². The predicted molar refractivity (Wildman–Crippen MR) is 79.3 cm³/mol. The first-order chi connectivity index (χ1) is 9.81. The Morgan fingerprint density at radius 2 is 2.35 bits per heavy atom. The molecule has 1 fully saturated rings. The highest BCUT2D eigenvalue weighted by Gasteiger charge is 2.30. The number of hydrogen-bond acceptors (Lipinski definition) is 4. The van der Waals surface area contributed by atoms with Crippen LogP contribution in [-0.4, -0.2) is 38.4 Å². The highest BCUT2D eigenvalue weighted by molar-refractivity contribution is 5.29. The second-order valence-electron chi connectivity index (χ2n) is 5.62. The van der Waals surface area contributed by atoms with Crippen LogP contribution in [0.3, 0.4) is 0 Å². The highest BCUT2D eigenvalue weighted by atomic mass is 15.2. The lowest BCUT2D eigenvalue weighted by Crippen LogP contribution is -2.39. The average Bonchev–Trinajstić information content (AvgIpc) is 3.10. The molecule has 2 heterocycles. The van der Waals surface area contributed by atoms with Gasteiger partial charge in [-0.05, 0) is 37.9 Å². The maximum atomic E-state index is 5.91. The van der Waals surface area contributed by atoms with Gasteiger partial charge in [0, 0.05) is 31.2 Å². The van der Waals surface area contributed by atoms with Crippen molar-refractivity contribution in [1.82, 2.24) is 19.3 Å². The molecule has 1 aliphatic rings. The summed E-state index contributed by atoms with van der Waals surface area (Å²) in [5.41, 5.74) is 7.01. The third-order valence-corrected chi connectivity index (χ3v) is 4.45. The molecule has 2 unspecified atom stereocenters. The van der Waals surface area contributed by atoms with Crippen LogP contribution < -0.4 is 5.73 Å². The van der Waals surface area contributed by atoms with Crippen molar-refractivity contribution >= 4 is 5.78 Å². The Balaban J connectivity index is 1.77. The predicted octanol–water partition coefficient (Wildman–Crippen LogP) is 1.68. The SMILES string of the molecule is CCN(Cc1cn2cccnc2n1)C1CCCC1CN. The molecule has 0 bridgehead atoms. The molecule has 2 aromatic rings. The Morgan fingerprint density at radius 1 is 1.45 bits per heavy atom. The Morgan fingerprint density at radius 3 is 3.10 bits per heavy atom. The zero-order valence-electron chi connectivity index (χ0n) is 12.1. The van der Waals surface area contributed by atoms with E-state index in [0.29, 0.717) is 12.0 Å². The quantitative estimate of drug-likeness (QED) is 0.900. The summed E-state index contributed by atoms with van der Waals surface area (Å²) < 4.78 is 1.98. The molecular weight excluding hydrogens is 250 g/mol. The molecule has 0 aromatic carbocycles. The standard InChI is InChI=1S/C15H23N5/c1-2-19(14-6-3-5-12(14)9-16)10-13-11-20-8-4-7-17-15(20)18-13/h4,7-8,11-12,14H,2-3,5-6,9-10,16H2,1H3. The molecule has 2 aromatic heterocycles. The number of rotatable bonds is 5. The van der Waals surface area contributed by atoms with Gasteiger partial charge in [-0.3, -0.25) is 9.30 Å². The van der Waals surface area contributed by atoms with E-state index in [4.69, 9.17) is 5.73 Å². The normalized spacial score (nSPS) is 22.9. The number of hydrogen-bond donors (Lipinski definition) is 1. The molecule has 2 N–H and O–H groups in total. The summed E-state index contributed by atoms with van der Waals surface area (Å²) >= 11 is 0. The van der Waals surface area contributed by atoms with Crippen LogP contribution in [0.5, 0.6) is 0 Å². The van der Waals surface area contributed by atoms with Crippen LogP contribution in [-0.2, 0) is 6.54 Å². The molecular formula is C15H23N5. The molecule has 0 aliphatic heterocycles. The lowest BCUT2D eigenvalue weighted by atomic mass is 10.0. The van der Waals surface area contributed by atoms with Crippen molar-refractivity contribution in [3.63, 3.8) is 0 Å². The lowest BCUT2D eigenvalue weighted by molar-refractivity contribution is 0.160. The Kier molecular flexibility index (Phi) is 3.98. The summed E-state index contributed by atoms with van der Waals surface area (Å²) in [5.74, 6) is 1.42. The summed E-state index contributed by atoms with van der Waals surface area (Å²) in [6.45, 7) is 4.96. The van der Waals surface area contributed by atoms with E-state index in [1.807, 2.05) is 16.7 Å². The van der Waals surface area contributed by atoms with Gasteiger partial charge in [-0.1, -0.05) is 13.3 Å². The molecule has 0 radical (unpaired) electrons. The van der Waals surface area contributed by atoms with E-state index in [1.165, 1.54) is 19.3 Å². The first-order valence-corrected chi connectivity index (χ1v) is 7.54. The number of aromatic nitrogens is 3. The van der Waals surface area contributed by atoms with E-state index in [2.05, 4.69) is 28.0 Å². The van der Waals surface area contributed by atoms with Crippen molar-refractivity contribution in [2.45, 2.75) is 38.8 Å². The van der Waals surface area contributed by atoms with Crippen molar-refractivity contribution in [3.8, 4) is 0 Å². The third-order valence-electron chi connectivity index (χ3n) is 4.45. The molecule has 0 saturated heterocycles. The van der Waals surface area contributed by atoms with E-state index in [1.54, 1.807) is 6.20 Å². The molecule has 3 rings (SSSR count). The van der Waals surface area contributed by atoms with Crippen LogP contribution >= 0.6 is 0 Å². The third kappa shape index (κ3) is 2.55. The van der Waals surface area contributed by atoms with Gasteiger partial charge in [0.25, 0.3) is 0 Å². The average molecular weight is 273 g/mol. The van der Waals surface area contributed by atoms with Gasteiger partial charge in [0.15, 0.2) is 0 Å². The van der Waals surface area contributed by atoms with E-state index in [-0.39, 0.29) is 0 Å². The monoisotopic (exact) mass is 273 g/mol. The van der Waals surface area contributed by atoms with Crippen LogP contribution in [0.25, 0.3) is 5.78 Å². The fourth-order valence-electron chi connectivity index (χ4n) is 3.40. The molecule has 5 heteroatoms. The summed E-state index contributed by atoms with van der Waals surface area (Å²) in [6.07, 6.45) is 9.69. The van der Waals surface area contributed by atoms with E-state index < -0.39 is 0 Å². The van der Waals surface area contributed by atoms with Gasteiger partial charge < -0.3 is 5.73 Å². The van der Waals surface area contributed by atoms with Gasteiger partial charge >= 0.3 is 0 Å². The van der Waals surface area contributed by atoms with Crippen molar-refractivity contribution < 1.29 is 0 Å². The number of nitrogens with two attached hydrogens (primary N) is 1. The van der Waals surface area contributed by atoms with Gasteiger partial charge in [-0.25, -0.2) is 9.97 Å². The molecule has 1 saturated carbocycles. The van der Waals surface area contributed by atoms with Gasteiger partial charge in [-0.15, -0.1) is 0 Å². The van der Waals surface area contributed by atoms with Crippen LogP contribution in [0, 0.1) is 5.92 Å². The molecule has 5 nitrogen and oxygen atoms in total. The van der Waals surface area contributed by atoms with Crippen molar-refractivity contribution in [2.24, 2.45) is 11.7 Å². The molecule has 1 aliphatic carbocycles. The molecule has 108 valence electrons. The van der Waals surface area contributed by atoms with Crippen LogP contribution in [0.2, 0.25) is 0 Å². The summed E-state index contributed by atoms with van der Waals surface area (Å²) in [4.78, 5) is 11.4. The lowest BCUT2D eigenvalue weighted by Gasteiger charge is -2.31. The van der Waals surface area contributed by atoms with Crippen molar-refractivity contribution in [1.29, 1.82) is 0 Å². The maximum Gasteiger partial charge on any atom is 0.233 e. The smallest absolute Gasteiger partial charge is 0.233 e. The van der Waals surface area contributed by atoms with Crippen LogP contribution in [0.1, 0.15) is 31.9 Å². The van der Waals surface area contributed by atoms with Crippen LogP contribution in [0.4, 0.5) is 0 Å². The number of nitrogens with zero attached hydrogens (tertiary/aromatic N) is 4. The minimum atomic E-state index is 0.614. The molecule has 0 spiro atoms. The Labute approximate surface area is 119 Å². The largest absolute Gasteiger partial charge is 0.330 e. The maximum absolute atomic E-state index is 5.91. The summed E-state index contributed by atoms with van der Waals surface area (Å²) in [7, 11) is 0. The highest BCUT2D eigenvalue weighted by Crippen LogP contribution is 2.30. The first kappa shape index (κ1) is 13.5. The van der Waals surface area contributed by atoms with Gasteiger partial charge in [0.1, 0.15) is 0 Å². The van der Waals surface area contributed by atoms with Crippen molar-refractivity contribution in [3.05, 3.63) is 30.4 Å². The van der Waals surface area contributed by atoms with Gasteiger partial charge in [0.2, 0.25) is 5.78 Å². The van der Waals surface area contributed by atoms with E-state index in [9.17, 15) is 0 Å². The fourth-order valence-corrected chi connectivity index (χ4v) is 3.40. The summed E-state index contributed by atoms with van der Waals surface area (Å²) in [6, 6.07) is 2.54. The van der Waals surface area contributed by atoms with E-state index in [0.717, 1.165) is 31.1 Å². The zero-order chi connectivity index (χ0) is 13.9. The summed E-state index contributed by atoms with van der Waals surface area (Å²) in [5, 5.41) is 0. The Bertz CT molecular complexity index is 531.